The SMILES string of the molecule is C/C(=C/C=O)c1ccc2ccccc2c1. The molecule has 0 aliphatic carbocycles. The molecule has 1 heteroatoms. The molecule has 0 unspecified atom stereocenters. The molecule has 1 nitrogen and oxygen atoms in total. The first kappa shape index (κ1) is 9.66. The Balaban J connectivity index is 2.56. The maximum atomic E-state index is 10.4. The summed E-state index contributed by atoms with van der Waals surface area (Å²) in [6.07, 6.45) is 2.41. The smallest absolute Gasteiger partial charge is 0.143 e. The van der Waals surface area contributed by atoms with Crippen molar-refractivity contribution < 1.29 is 4.79 Å². The second kappa shape index (κ2) is 4.09. The predicted octanol–water partition coefficient (Wildman–Crippen LogP) is 3.44. The largest absolute Gasteiger partial charge is 0.299 e. The van der Waals surface area contributed by atoms with Gasteiger partial charge in [0.25, 0.3) is 0 Å². The van der Waals surface area contributed by atoms with Crippen molar-refractivity contribution in [1.29, 1.82) is 0 Å². The second-order valence-electron chi connectivity index (χ2n) is 3.55. The molecule has 0 atom stereocenters. The number of fused-ring (bicyclic) bond motifs is 1. The van der Waals surface area contributed by atoms with Crippen LogP contribution in [0.15, 0.2) is 48.5 Å². The molecule has 0 N–H and O–H groups in total. The monoisotopic (exact) mass is 196 g/mol. The number of allylic oxidation sites excluding steroid dienone is 2. The van der Waals surface area contributed by atoms with Crippen molar-refractivity contribution in [3.63, 3.8) is 0 Å². The van der Waals surface area contributed by atoms with Crippen molar-refractivity contribution in [2.75, 3.05) is 0 Å². The molecule has 2 aromatic rings. The highest BCUT2D eigenvalue weighted by atomic mass is 16.1. The van der Waals surface area contributed by atoms with Gasteiger partial charge in [-0.1, -0.05) is 36.4 Å². The van der Waals surface area contributed by atoms with Gasteiger partial charge in [0.1, 0.15) is 6.29 Å². The van der Waals surface area contributed by atoms with Crippen molar-refractivity contribution in [3.05, 3.63) is 54.1 Å². The molecule has 2 rings (SSSR count). The third-order valence-electron chi connectivity index (χ3n) is 2.52. The van der Waals surface area contributed by atoms with Gasteiger partial charge in [-0.05, 0) is 41.0 Å². The minimum Gasteiger partial charge on any atom is -0.299 e. The Kier molecular flexibility index (Phi) is 2.64. The number of benzene rings is 2. The molecule has 15 heavy (non-hydrogen) atoms. The predicted molar refractivity (Wildman–Crippen MR) is 63.7 cm³/mol. The first-order valence-electron chi connectivity index (χ1n) is 4.92. The lowest BCUT2D eigenvalue weighted by atomic mass is 10.0. The van der Waals surface area contributed by atoms with Crippen LogP contribution in [0.3, 0.4) is 0 Å². The highest BCUT2D eigenvalue weighted by molar-refractivity contribution is 5.88. The molecule has 0 aliphatic heterocycles. The first-order valence-corrected chi connectivity index (χ1v) is 4.92. The Labute approximate surface area is 89.0 Å². The van der Waals surface area contributed by atoms with E-state index in [1.165, 1.54) is 10.8 Å². The summed E-state index contributed by atoms with van der Waals surface area (Å²) in [4.78, 5) is 10.4. The Bertz CT molecular complexity index is 524. The fourth-order valence-electron chi connectivity index (χ4n) is 1.63. The van der Waals surface area contributed by atoms with E-state index in [-0.39, 0.29) is 0 Å². The van der Waals surface area contributed by atoms with Crippen molar-refractivity contribution >= 4 is 22.6 Å². The van der Waals surface area contributed by atoms with Gasteiger partial charge < -0.3 is 0 Å². The summed E-state index contributed by atoms with van der Waals surface area (Å²) in [6.45, 7) is 1.94. The molecule has 0 aliphatic rings. The molecular weight excluding hydrogens is 184 g/mol. The van der Waals surface area contributed by atoms with Gasteiger partial charge in [-0.2, -0.15) is 0 Å². The molecule has 74 valence electrons. The maximum Gasteiger partial charge on any atom is 0.143 e. The van der Waals surface area contributed by atoms with Crippen molar-refractivity contribution in [3.8, 4) is 0 Å². The van der Waals surface area contributed by atoms with E-state index in [0.29, 0.717) is 0 Å². The quantitative estimate of drug-likeness (QED) is 0.531. The zero-order valence-corrected chi connectivity index (χ0v) is 8.60. The van der Waals surface area contributed by atoms with Gasteiger partial charge in [-0.25, -0.2) is 0 Å². The maximum absolute atomic E-state index is 10.4. The molecule has 0 bridgehead atoms. The first-order chi connectivity index (χ1) is 7.31. The lowest BCUT2D eigenvalue weighted by Crippen LogP contribution is -1.81. The summed E-state index contributed by atoms with van der Waals surface area (Å²) in [5.41, 5.74) is 2.09. The average molecular weight is 196 g/mol. The van der Waals surface area contributed by atoms with Crippen LogP contribution in [-0.4, -0.2) is 6.29 Å². The van der Waals surface area contributed by atoms with Gasteiger partial charge in [0, 0.05) is 0 Å². The molecule has 0 saturated heterocycles. The molecule has 0 amide bonds. The van der Waals surface area contributed by atoms with Gasteiger partial charge >= 0.3 is 0 Å². The van der Waals surface area contributed by atoms with Crippen LogP contribution in [0.5, 0.6) is 0 Å². The van der Waals surface area contributed by atoms with E-state index in [4.69, 9.17) is 0 Å². The minimum atomic E-state index is 0.824. The number of carbonyl (C=O) groups is 1. The van der Waals surface area contributed by atoms with Crippen LogP contribution in [-0.2, 0) is 4.79 Å². The van der Waals surface area contributed by atoms with E-state index >= 15 is 0 Å². The van der Waals surface area contributed by atoms with Crippen LogP contribution < -0.4 is 0 Å². The Hall–Kier alpha value is -1.89. The lowest BCUT2D eigenvalue weighted by molar-refractivity contribution is -0.104. The Morgan fingerprint density at radius 3 is 2.53 bits per heavy atom. The van der Waals surface area contributed by atoms with Crippen LogP contribution in [0.4, 0.5) is 0 Å². The number of carbonyl (C=O) groups excluding carboxylic acids is 1. The molecular formula is C14H12O. The fraction of sp³-hybridized carbons (Fsp3) is 0.0714. The van der Waals surface area contributed by atoms with E-state index < -0.39 is 0 Å². The van der Waals surface area contributed by atoms with Crippen molar-refractivity contribution in [2.24, 2.45) is 0 Å². The lowest BCUT2D eigenvalue weighted by Gasteiger charge is -2.02. The molecule has 0 heterocycles. The number of hydrogen-bond donors (Lipinski definition) is 0. The third-order valence-corrected chi connectivity index (χ3v) is 2.52. The van der Waals surface area contributed by atoms with Gasteiger partial charge in [0.15, 0.2) is 0 Å². The Morgan fingerprint density at radius 2 is 1.80 bits per heavy atom. The number of rotatable bonds is 2. The summed E-state index contributed by atoms with van der Waals surface area (Å²) in [6, 6.07) is 14.4. The van der Waals surface area contributed by atoms with E-state index in [9.17, 15) is 4.79 Å². The highest BCUT2D eigenvalue weighted by Gasteiger charge is 1.97. The zero-order valence-electron chi connectivity index (χ0n) is 8.60. The van der Waals surface area contributed by atoms with E-state index in [1.54, 1.807) is 6.08 Å². The number of aldehydes is 1. The molecule has 0 aromatic heterocycles. The molecule has 0 radical (unpaired) electrons. The Morgan fingerprint density at radius 1 is 1.07 bits per heavy atom. The summed E-state index contributed by atoms with van der Waals surface area (Å²) in [5.74, 6) is 0. The van der Waals surface area contributed by atoms with Crippen molar-refractivity contribution in [1.82, 2.24) is 0 Å². The third kappa shape index (κ3) is 1.96. The second-order valence-corrected chi connectivity index (χ2v) is 3.55. The topological polar surface area (TPSA) is 17.1 Å². The minimum absolute atomic E-state index is 0.824. The van der Waals surface area contributed by atoms with E-state index in [2.05, 4.69) is 24.3 Å². The highest BCUT2D eigenvalue weighted by Crippen LogP contribution is 2.20. The van der Waals surface area contributed by atoms with E-state index in [0.717, 1.165) is 17.4 Å². The van der Waals surface area contributed by atoms with E-state index in [1.807, 2.05) is 25.1 Å². The standard InChI is InChI=1S/C14H12O/c1-11(8-9-15)13-7-6-12-4-2-3-5-14(12)10-13/h2-10H,1H3/b11-8-. The summed E-state index contributed by atoms with van der Waals surface area (Å²) >= 11 is 0. The molecule has 0 saturated carbocycles. The normalized spacial score (nSPS) is 11.7. The van der Waals surface area contributed by atoms with Crippen molar-refractivity contribution in [2.45, 2.75) is 6.92 Å². The summed E-state index contributed by atoms with van der Waals surface area (Å²) in [5, 5.41) is 2.42. The van der Waals surface area contributed by atoms with Crippen LogP contribution >= 0.6 is 0 Å². The van der Waals surface area contributed by atoms with Crippen LogP contribution in [0.1, 0.15) is 12.5 Å². The molecule has 0 spiro atoms. The van der Waals surface area contributed by atoms with Crippen LogP contribution in [0.2, 0.25) is 0 Å². The van der Waals surface area contributed by atoms with Gasteiger partial charge in [-0.15, -0.1) is 0 Å². The van der Waals surface area contributed by atoms with Gasteiger partial charge in [-0.3, -0.25) is 4.79 Å². The zero-order chi connectivity index (χ0) is 10.7. The van der Waals surface area contributed by atoms with Crippen LogP contribution in [0, 0.1) is 0 Å². The van der Waals surface area contributed by atoms with Gasteiger partial charge in [0.05, 0.1) is 0 Å². The van der Waals surface area contributed by atoms with Gasteiger partial charge in [0.2, 0.25) is 0 Å². The number of hydrogen-bond acceptors (Lipinski definition) is 1. The molecule has 2 aromatic carbocycles. The molecule has 0 fully saturated rings. The summed E-state index contributed by atoms with van der Waals surface area (Å²) < 4.78 is 0. The van der Waals surface area contributed by atoms with Crippen LogP contribution in [0.25, 0.3) is 16.3 Å². The summed E-state index contributed by atoms with van der Waals surface area (Å²) in [7, 11) is 0. The average Bonchev–Trinajstić information content (AvgIpc) is 2.29. The fourth-order valence-corrected chi connectivity index (χ4v) is 1.63.